The molecule has 0 bridgehead atoms. The predicted molar refractivity (Wildman–Crippen MR) is 47.2 cm³/mol. The summed E-state index contributed by atoms with van der Waals surface area (Å²) in [5.74, 6) is 0.191. The molecule has 1 rings (SSSR count). The van der Waals surface area contributed by atoms with E-state index in [-0.39, 0.29) is 5.76 Å². The molecule has 0 amide bonds. The lowest BCUT2D eigenvalue weighted by molar-refractivity contribution is 0.438. The van der Waals surface area contributed by atoms with Gasteiger partial charge in [0.1, 0.15) is 5.76 Å². The second-order valence-electron chi connectivity index (χ2n) is 2.18. The fraction of sp³-hybridized carbons (Fsp3) is 0. The van der Waals surface area contributed by atoms with E-state index in [9.17, 15) is 0 Å². The molecule has 0 aliphatic rings. The van der Waals surface area contributed by atoms with E-state index >= 15 is 0 Å². The zero-order valence-corrected chi connectivity index (χ0v) is 6.20. The van der Waals surface area contributed by atoms with E-state index < -0.39 is 0 Å². The van der Waals surface area contributed by atoms with Gasteiger partial charge < -0.3 is 5.11 Å². The summed E-state index contributed by atoms with van der Waals surface area (Å²) >= 11 is 0. The normalized spacial score (nSPS) is 11.1. The van der Waals surface area contributed by atoms with Crippen molar-refractivity contribution in [2.75, 3.05) is 0 Å². The van der Waals surface area contributed by atoms with Crippen molar-refractivity contribution in [1.29, 1.82) is 0 Å². The van der Waals surface area contributed by atoms with Crippen LogP contribution >= 0.6 is 0 Å². The molecule has 0 radical (unpaired) electrons. The molecule has 11 heavy (non-hydrogen) atoms. The lowest BCUT2D eigenvalue weighted by Gasteiger charge is -1.91. The highest BCUT2D eigenvalue weighted by atomic mass is 16.3. The smallest absolute Gasteiger partial charge is 0.115 e. The number of hydrogen-bond acceptors (Lipinski definition) is 1. The molecule has 0 aliphatic carbocycles. The van der Waals surface area contributed by atoms with Crippen LogP contribution in [-0.2, 0) is 0 Å². The van der Waals surface area contributed by atoms with Crippen LogP contribution in [0.1, 0.15) is 5.56 Å². The van der Waals surface area contributed by atoms with Gasteiger partial charge in [-0.15, -0.1) is 0 Å². The van der Waals surface area contributed by atoms with Crippen molar-refractivity contribution in [3.8, 4) is 0 Å². The van der Waals surface area contributed by atoms with Gasteiger partial charge in [0, 0.05) is 0 Å². The number of rotatable bonds is 2. The maximum Gasteiger partial charge on any atom is 0.115 e. The van der Waals surface area contributed by atoms with Gasteiger partial charge in [-0.1, -0.05) is 36.9 Å². The number of allylic oxidation sites excluding steroid dienone is 1. The van der Waals surface area contributed by atoms with E-state index in [4.69, 9.17) is 5.11 Å². The molecule has 0 aliphatic heterocycles. The van der Waals surface area contributed by atoms with Gasteiger partial charge >= 0.3 is 0 Å². The first-order chi connectivity index (χ1) is 5.33. The number of aliphatic hydroxyl groups excluding tert-OH is 1. The van der Waals surface area contributed by atoms with Gasteiger partial charge in [0.05, 0.1) is 0 Å². The van der Waals surface area contributed by atoms with Crippen LogP contribution in [0.2, 0.25) is 0 Å². The zero-order chi connectivity index (χ0) is 8.10. The molecular weight excluding hydrogens is 136 g/mol. The Balaban J connectivity index is 2.87. The molecule has 1 aromatic carbocycles. The van der Waals surface area contributed by atoms with Crippen LogP contribution in [0.5, 0.6) is 0 Å². The summed E-state index contributed by atoms with van der Waals surface area (Å²) in [4.78, 5) is 0. The Kier molecular flexibility index (Phi) is 2.50. The van der Waals surface area contributed by atoms with Crippen molar-refractivity contribution in [2.45, 2.75) is 0 Å². The second-order valence-corrected chi connectivity index (χ2v) is 2.18. The van der Waals surface area contributed by atoms with E-state index in [1.807, 2.05) is 30.3 Å². The lowest BCUT2D eigenvalue weighted by atomic mass is 10.2. The Morgan fingerprint density at radius 1 is 1.27 bits per heavy atom. The number of hydrogen-bond donors (Lipinski definition) is 1. The van der Waals surface area contributed by atoms with Gasteiger partial charge in [0.2, 0.25) is 0 Å². The minimum absolute atomic E-state index is 0.191. The molecule has 1 N–H and O–H groups in total. The highest BCUT2D eigenvalue weighted by Crippen LogP contribution is 2.04. The third-order valence-electron chi connectivity index (χ3n) is 1.32. The van der Waals surface area contributed by atoms with Gasteiger partial charge in [-0.25, -0.2) is 0 Å². The average Bonchev–Trinajstić information content (AvgIpc) is 2.06. The fourth-order valence-corrected chi connectivity index (χ4v) is 0.779. The van der Waals surface area contributed by atoms with Gasteiger partial charge in [0.15, 0.2) is 0 Å². The van der Waals surface area contributed by atoms with E-state index in [0.717, 1.165) is 5.56 Å². The van der Waals surface area contributed by atoms with E-state index in [1.54, 1.807) is 6.08 Å². The highest BCUT2D eigenvalue weighted by Gasteiger charge is 1.85. The highest BCUT2D eigenvalue weighted by molar-refractivity contribution is 5.52. The van der Waals surface area contributed by atoms with Gasteiger partial charge in [-0.2, -0.15) is 0 Å². The maximum absolute atomic E-state index is 9.05. The summed E-state index contributed by atoms with van der Waals surface area (Å²) in [5, 5.41) is 9.05. The Morgan fingerprint density at radius 2 is 1.91 bits per heavy atom. The molecule has 0 aromatic heterocycles. The Bertz CT molecular complexity index is 259. The quantitative estimate of drug-likeness (QED) is 0.502. The SMILES string of the molecule is C=CC(O)=Cc1ccccc1. The monoisotopic (exact) mass is 146 g/mol. The first kappa shape index (κ1) is 7.61. The summed E-state index contributed by atoms with van der Waals surface area (Å²) < 4.78 is 0. The minimum atomic E-state index is 0.191. The van der Waals surface area contributed by atoms with Crippen LogP contribution in [0, 0.1) is 0 Å². The van der Waals surface area contributed by atoms with Crippen molar-refractivity contribution in [2.24, 2.45) is 0 Å². The molecule has 0 atom stereocenters. The molecule has 0 unspecified atom stereocenters. The first-order valence-electron chi connectivity index (χ1n) is 3.41. The van der Waals surface area contributed by atoms with Crippen molar-refractivity contribution in [3.05, 3.63) is 54.3 Å². The van der Waals surface area contributed by atoms with E-state index in [0.29, 0.717) is 0 Å². The molecule has 56 valence electrons. The standard InChI is InChI=1S/C10H10O/c1-2-10(11)8-9-6-4-3-5-7-9/h2-8,11H,1H2. The Hall–Kier alpha value is -1.50. The van der Waals surface area contributed by atoms with E-state index in [1.165, 1.54) is 6.08 Å². The number of aliphatic hydroxyl groups is 1. The molecule has 0 fully saturated rings. The largest absolute Gasteiger partial charge is 0.508 e. The molecule has 0 spiro atoms. The van der Waals surface area contributed by atoms with Crippen LogP contribution in [0.15, 0.2) is 48.7 Å². The first-order valence-corrected chi connectivity index (χ1v) is 3.41. The lowest BCUT2D eigenvalue weighted by Crippen LogP contribution is -1.73. The summed E-state index contributed by atoms with van der Waals surface area (Å²) in [6.45, 7) is 3.44. The number of benzene rings is 1. The maximum atomic E-state index is 9.05. The molecule has 0 saturated carbocycles. The predicted octanol–water partition coefficient (Wildman–Crippen LogP) is 2.77. The summed E-state index contributed by atoms with van der Waals surface area (Å²) in [5.41, 5.74) is 0.977. The zero-order valence-electron chi connectivity index (χ0n) is 6.20. The van der Waals surface area contributed by atoms with Crippen LogP contribution in [0.3, 0.4) is 0 Å². The Morgan fingerprint density at radius 3 is 2.45 bits per heavy atom. The second kappa shape index (κ2) is 3.62. The van der Waals surface area contributed by atoms with Crippen LogP contribution in [0.4, 0.5) is 0 Å². The summed E-state index contributed by atoms with van der Waals surface area (Å²) in [6.07, 6.45) is 3.07. The fourth-order valence-electron chi connectivity index (χ4n) is 0.779. The van der Waals surface area contributed by atoms with E-state index in [2.05, 4.69) is 6.58 Å². The van der Waals surface area contributed by atoms with Crippen molar-refractivity contribution < 1.29 is 5.11 Å². The molecule has 1 nitrogen and oxygen atoms in total. The molecule has 0 saturated heterocycles. The molecular formula is C10H10O. The van der Waals surface area contributed by atoms with Crippen LogP contribution < -0.4 is 0 Å². The minimum Gasteiger partial charge on any atom is -0.508 e. The summed E-state index contributed by atoms with van der Waals surface area (Å²) in [6, 6.07) is 9.60. The summed E-state index contributed by atoms with van der Waals surface area (Å²) in [7, 11) is 0. The average molecular weight is 146 g/mol. The van der Waals surface area contributed by atoms with Gasteiger partial charge in [-0.3, -0.25) is 0 Å². The van der Waals surface area contributed by atoms with Crippen molar-refractivity contribution >= 4 is 6.08 Å². The Labute approximate surface area is 66.3 Å². The third kappa shape index (κ3) is 2.30. The van der Waals surface area contributed by atoms with Crippen LogP contribution in [-0.4, -0.2) is 5.11 Å². The molecule has 0 heterocycles. The topological polar surface area (TPSA) is 20.2 Å². The van der Waals surface area contributed by atoms with Gasteiger partial charge in [-0.05, 0) is 17.7 Å². The van der Waals surface area contributed by atoms with Crippen molar-refractivity contribution in [1.82, 2.24) is 0 Å². The van der Waals surface area contributed by atoms with Crippen molar-refractivity contribution in [3.63, 3.8) is 0 Å². The molecule has 1 aromatic rings. The third-order valence-corrected chi connectivity index (χ3v) is 1.32. The molecule has 1 heteroatoms. The van der Waals surface area contributed by atoms with Crippen LogP contribution in [0.25, 0.3) is 6.08 Å². The van der Waals surface area contributed by atoms with Gasteiger partial charge in [0.25, 0.3) is 0 Å².